The third kappa shape index (κ3) is 7.22. The highest BCUT2D eigenvalue weighted by molar-refractivity contribution is 6.99. The van der Waals surface area contributed by atoms with Gasteiger partial charge < -0.3 is 8.83 Å². The summed E-state index contributed by atoms with van der Waals surface area (Å²) in [5.41, 5.74) is 16.3. The van der Waals surface area contributed by atoms with Crippen LogP contribution in [0.4, 0.5) is 51.7 Å². The van der Waals surface area contributed by atoms with Crippen LogP contribution < -0.4 is 31.5 Å². The van der Waals surface area contributed by atoms with Crippen LogP contribution in [0, 0.1) is 0 Å². The highest BCUT2D eigenvalue weighted by Gasteiger charge is 2.52. The van der Waals surface area contributed by atoms with Gasteiger partial charge in [-0.3, -0.25) is 14.7 Å². The normalized spacial score (nSPS) is 15.9. The van der Waals surface area contributed by atoms with Crippen molar-refractivity contribution in [1.29, 1.82) is 0 Å². The molecule has 12 rings (SSSR count). The van der Waals surface area contributed by atoms with E-state index in [2.05, 4.69) is 244 Å². The van der Waals surface area contributed by atoms with Gasteiger partial charge in [-0.2, -0.15) is 9.97 Å². The maximum atomic E-state index is 7.40. The van der Waals surface area contributed by atoms with Gasteiger partial charge in [0.15, 0.2) is 0 Å². The fourth-order valence-electron chi connectivity index (χ4n) is 11.6. The third-order valence-corrected chi connectivity index (χ3v) is 16.0. The Labute approximate surface area is 426 Å². The van der Waals surface area contributed by atoms with Gasteiger partial charge in [-0.05, 0) is 141 Å². The van der Waals surface area contributed by atoms with Crippen LogP contribution in [0.5, 0.6) is 0 Å². The Morgan fingerprint density at radius 3 is 1.39 bits per heavy atom. The van der Waals surface area contributed by atoms with Crippen molar-refractivity contribution in [1.82, 2.24) is 9.97 Å². The second-order valence-electron chi connectivity index (χ2n) is 25.0. The second kappa shape index (κ2) is 15.7. The lowest BCUT2D eigenvalue weighted by Crippen LogP contribution is -2.61. The van der Waals surface area contributed by atoms with Crippen LogP contribution in [0.3, 0.4) is 0 Å². The zero-order valence-electron chi connectivity index (χ0n) is 44.3. The first-order chi connectivity index (χ1) is 34.1. The summed E-state index contributed by atoms with van der Waals surface area (Å²) in [6, 6.07) is 50.7. The quantitative estimate of drug-likeness (QED) is 0.159. The Bertz CT molecular complexity index is 3560. The predicted octanol–water partition coefficient (Wildman–Crippen LogP) is 15.8. The molecular formula is C64H66BN5O2. The summed E-state index contributed by atoms with van der Waals surface area (Å²) in [5.74, 6) is 2.13. The maximum Gasteiger partial charge on any atom is 0.345 e. The van der Waals surface area contributed by atoms with Gasteiger partial charge in [0.1, 0.15) is 34.1 Å². The van der Waals surface area contributed by atoms with Gasteiger partial charge in [0.05, 0.1) is 11.4 Å². The van der Waals surface area contributed by atoms with Crippen molar-refractivity contribution in [2.24, 2.45) is 0 Å². The Morgan fingerprint density at radius 2 is 0.917 bits per heavy atom. The van der Waals surface area contributed by atoms with Crippen LogP contribution in [0.1, 0.15) is 131 Å². The molecule has 5 heterocycles. The predicted molar refractivity (Wildman–Crippen MR) is 302 cm³/mol. The SMILES string of the molecule is CC(C)(C)c1ccc(N2c3nc(N(c4ccccc4)c4ccccc4)nc4c3B(c3oc5ccc(C(C)(C)C)cc5c32)c2oc3ccc(C(C)(C)C)cc3c2N4c2ccc3c(c2)C(C)(C)CCC3(C)C)cc1. The highest BCUT2D eigenvalue weighted by Crippen LogP contribution is 2.52. The molecular weight excluding hydrogens is 882 g/mol. The van der Waals surface area contributed by atoms with Crippen LogP contribution in [-0.4, -0.2) is 16.7 Å². The fraction of sp³-hybridized carbons (Fsp3) is 0.312. The molecule has 2 aliphatic heterocycles. The van der Waals surface area contributed by atoms with Crippen molar-refractivity contribution in [3.63, 3.8) is 0 Å². The summed E-state index contributed by atoms with van der Waals surface area (Å²) < 4.78 is 14.8. The standard InChI is InChI=1S/C64H66BN5O2/c1-60(2,3)39-24-28-44(29-25-39)69-53-46-36-40(61(4,5)6)26-32-50(46)71-55(53)65-52-57(69)66-59(68(42-20-16-14-17-21-42)43-22-18-15-19-23-43)67-58(52)70(45-30-31-48-49(38-45)64(12,13)35-34-63(48,10)11)54-47-37-41(62(7,8)9)27-33-51(47)72-56(54)65/h14-33,36-38H,34-35H2,1-13H3. The average Bonchev–Trinajstić information content (AvgIpc) is 3.91. The van der Waals surface area contributed by atoms with E-state index in [1.807, 2.05) is 0 Å². The first-order valence-electron chi connectivity index (χ1n) is 25.9. The molecule has 7 nitrogen and oxygen atoms in total. The number of para-hydroxylation sites is 2. The third-order valence-electron chi connectivity index (χ3n) is 16.0. The number of benzene rings is 6. The molecule has 9 aromatic rings. The number of rotatable bonds is 5. The number of furan rings is 2. The van der Waals surface area contributed by atoms with Gasteiger partial charge in [0.2, 0.25) is 5.95 Å². The number of fused-ring (bicyclic) bond motifs is 9. The number of aromatic nitrogens is 2. The molecule has 0 atom stereocenters. The minimum atomic E-state index is -0.485. The van der Waals surface area contributed by atoms with Gasteiger partial charge in [-0.1, -0.05) is 157 Å². The lowest BCUT2D eigenvalue weighted by atomic mass is 9.38. The van der Waals surface area contributed by atoms with Gasteiger partial charge in [-0.15, -0.1) is 0 Å². The molecule has 3 aromatic heterocycles. The Balaban J connectivity index is 1.26. The molecule has 0 saturated carbocycles. The van der Waals surface area contributed by atoms with Gasteiger partial charge in [-0.25, -0.2) is 0 Å². The molecule has 0 radical (unpaired) electrons. The first kappa shape index (κ1) is 46.0. The van der Waals surface area contributed by atoms with Crippen LogP contribution in [0.2, 0.25) is 0 Å². The number of anilines is 9. The summed E-state index contributed by atoms with van der Waals surface area (Å²) in [5, 5.41) is 2.07. The van der Waals surface area contributed by atoms with E-state index in [1.165, 1.54) is 27.8 Å². The molecule has 72 heavy (non-hydrogen) atoms. The molecule has 8 heteroatoms. The van der Waals surface area contributed by atoms with Gasteiger partial charge >= 0.3 is 6.71 Å². The first-order valence-corrected chi connectivity index (χ1v) is 25.9. The van der Waals surface area contributed by atoms with Crippen LogP contribution in [-0.2, 0) is 27.1 Å². The highest BCUT2D eigenvalue weighted by atomic mass is 16.3. The summed E-state index contributed by atoms with van der Waals surface area (Å²) in [6.45, 7) is 29.6. The van der Waals surface area contributed by atoms with Crippen LogP contribution in [0.25, 0.3) is 21.9 Å². The smallest absolute Gasteiger partial charge is 0.345 e. The summed E-state index contributed by atoms with van der Waals surface area (Å²) in [7, 11) is 0. The van der Waals surface area contributed by atoms with Gasteiger partial charge in [0.25, 0.3) is 0 Å². The van der Waals surface area contributed by atoms with Gasteiger partial charge in [0, 0.05) is 39.0 Å². The molecule has 0 amide bonds. The van der Waals surface area contributed by atoms with E-state index < -0.39 is 6.71 Å². The largest absolute Gasteiger partial charge is 0.468 e. The minimum absolute atomic E-state index is 0.0339. The number of nitrogens with zero attached hydrogens (tertiary/aromatic N) is 5. The lowest BCUT2D eigenvalue weighted by Gasteiger charge is -2.43. The molecule has 0 saturated heterocycles. The Morgan fingerprint density at radius 1 is 0.486 bits per heavy atom. The molecule has 0 spiro atoms. The van der Waals surface area contributed by atoms with Crippen molar-refractivity contribution in [3.8, 4) is 0 Å². The Hall–Kier alpha value is -7.06. The molecule has 362 valence electrons. The lowest BCUT2D eigenvalue weighted by molar-refractivity contribution is 0.332. The van der Waals surface area contributed by atoms with E-state index >= 15 is 0 Å². The van der Waals surface area contributed by atoms with E-state index in [1.54, 1.807) is 0 Å². The van der Waals surface area contributed by atoms with Crippen molar-refractivity contribution in [2.75, 3.05) is 14.7 Å². The topological polar surface area (TPSA) is 61.8 Å². The minimum Gasteiger partial charge on any atom is -0.468 e. The number of hydrogen-bond donors (Lipinski definition) is 0. The summed E-state index contributed by atoms with van der Waals surface area (Å²) >= 11 is 0. The molecule has 0 bridgehead atoms. The van der Waals surface area contributed by atoms with Crippen molar-refractivity contribution in [3.05, 3.63) is 167 Å². The maximum absolute atomic E-state index is 7.40. The molecule has 0 N–H and O–H groups in total. The molecule has 3 aliphatic rings. The van der Waals surface area contributed by atoms with Crippen LogP contribution in [0.15, 0.2) is 148 Å². The zero-order chi connectivity index (χ0) is 50.4. The van der Waals surface area contributed by atoms with Crippen molar-refractivity contribution in [2.45, 2.75) is 130 Å². The van der Waals surface area contributed by atoms with E-state index in [0.29, 0.717) is 5.95 Å². The van der Waals surface area contributed by atoms with E-state index in [9.17, 15) is 0 Å². The number of hydrogen-bond acceptors (Lipinski definition) is 7. The average molecular weight is 948 g/mol. The van der Waals surface area contributed by atoms with Crippen LogP contribution >= 0.6 is 0 Å². The van der Waals surface area contributed by atoms with Crippen molar-refractivity contribution < 1.29 is 8.83 Å². The molecule has 0 fully saturated rings. The van der Waals surface area contributed by atoms with E-state index in [-0.39, 0.29) is 27.1 Å². The second-order valence-corrected chi connectivity index (χ2v) is 25.0. The fourth-order valence-corrected chi connectivity index (χ4v) is 11.6. The van der Waals surface area contributed by atoms with E-state index in [0.717, 1.165) is 97.3 Å². The van der Waals surface area contributed by atoms with Crippen molar-refractivity contribution >= 4 is 97.1 Å². The monoisotopic (exact) mass is 948 g/mol. The molecule has 6 aromatic carbocycles. The summed E-state index contributed by atoms with van der Waals surface area (Å²) in [4.78, 5) is 18.8. The summed E-state index contributed by atoms with van der Waals surface area (Å²) in [6.07, 6.45) is 2.23. The molecule has 1 aliphatic carbocycles. The Kier molecular flexibility index (Phi) is 10.1. The zero-order valence-corrected chi connectivity index (χ0v) is 44.3. The van der Waals surface area contributed by atoms with E-state index in [4.69, 9.17) is 18.8 Å². The molecule has 0 unspecified atom stereocenters.